The summed E-state index contributed by atoms with van der Waals surface area (Å²) in [6.07, 6.45) is 12.7. The van der Waals surface area contributed by atoms with Gasteiger partial charge in [0.1, 0.15) is 11.8 Å². The Hall–Kier alpha value is -2.30. The predicted molar refractivity (Wildman–Crippen MR) is 188 cm³/mol. The molecule has 1 spiro atoms. The fraction of sp³-hybridized carbons (Fsp3) is 0.639. The Morgan fingerprint density at radius 3 is 2.41 bits per heavy atom. The minimum absolute atomic E-state index is 0.00347. The summed E-state index contributed by atoms with van der Waals surface area (Å²) in [5, 5.41) is 9.16. The zero-order valence-electron chi connectivity index (χ0n) is 27.2. The fourth-order valence-corrected chi connectivity index (χ4v) is 11.9. The number of ether oxygens (including phenoxy) is 1. The number of fused-ring (bicyclic) bond motifs is 1. The molecule has 3 aliphatic heterocycles. The van der Waals surface area contributed by atoms with E-state index in [0.29, 0.717) is 32.7 Å². The highest BCUT2D eigenvalue weighted by molar-refractivity contribution is 9.09. The predicted octanol–water partition coefficient (Wildman–Crippen LogP) is 5.97. The Labute approximate surface area is 287 Å². The van der Waals surface area contributed by atoms with E-state index >= 15 is 0 Å². The highest BCUT2D eigenvalue weighted by atomic mass is 79.9. The van der Waals surface area contributed by atoms with Crippen molar-refractivity contribution in [2.24, 2.45) is 11.8 Å². The van der Waals surface area contributed by atoms with Crippen LogP contribution in [0.3, 0.4) is 0 Å². The maximum atomic E-state index is 14.9. The maximum absolute atomic E-state index is 14.9. The SMILES string of the molecule is C=CCN(C(=O)[C@H]1[C@H]2C(=O)N(CCCCCCO)C(C(=O)N(CC=C)C3CCCCC3)C23CC(Br)[C@@H]1S3)c1ccc(OCC)cc1. The third-order valence-corrected chi connectivity index (χ3v) is 13.5. The van der Waals surface area contributed by atoms with Crippen LogP contribution in [0.25, 0.3) is 0 Å². The monoisotopic (exact) mass is 715 g/mol. The number of alkyl halides is 1. The van der Waals surface area contributed by atoms with Gasteiger partial charge in [0.05, 0.1) is 23.2 Å². The number of carbonyl (C=O) groups is 3. The number of amides is 3. The van der Waals surface area contributed by atoms with Crippen LogP contribution in [-0.4, -0.2) is 92.4 Å². The number of aliphatic hydroxyl groups is 1. The topological polar surface area (TPSA) is 90.4 Å². The Morgan fingerprint density at radius 2 is 1.76 bits per heavy atom. The third-order valence-electron chi connectivity index (χ3n) is 10.3. The van der Waals surface area contributed by atoms with Gasteiger partial charge in [-0.05, 0) is 63.3 Å². The van der Waals surface area contributed by atoms with Crippen LogP contribution in [0.2, 0.25) is 0 Å². The number of benzene rings is 1. The van der Waals surface area contributed by atoms with E-state index in [4.69, 9.17) is 4.74 Å². The summed E-state index contributed by atoms with van der Waals surface area (Å²) in [7, 11) is 0. The molecule has 1 aliphatic carbocycles. The smallest absolute Gasteiger partial charge is 0.247 e. The van der Waals surface area contributed by atoms with Crippen molar-refractivity contribution in [2.75, 3.05) is 37.7 Å². The molecule has 3 amide bonds. The van der Waals surface area contributed by atoms with Gasteiger partial charge in [-0.2, -0.15) is 0 Å². The second-order valence-electron chi connectivity index (χ2n) is 13.1. The van der Waals surface area contributed by atoms with Crippen LogP contribution in [-0.2, 0) is 14.4 Å². The first-order chi connectivity index (χ1) is 22.3. The van der Waals surface area contributed by atoms with Crippen LogP contribution in [0.5, 0.6) is 5.75 Å². The maximum Gasteiger partial charge on any atom is 0.247 e. The van der Waals surface area contributed by atoms with Gasteiger partial charge in [0, 0.05) is 48.0 Å². The molecule has 2 bridgehead atoms. The lowest BCUT2D eigenvalue weighted by molar-refractivity contribution is -0.144. The van der Waals surface area contributed by atoms with Gasteiger partial charge in [0.15, 0.2) is 0 Å². The number of thioether (sulfide) groups is 1. The number of nitrogens with zero attached hydrogens (tertiary/aromatic N) is 3. The number of hydrogen-bond donors (Lipinski definition) is 1. The van der Waals surface area contributed by atoms with Crippen LogP contribution < -0.4 is 9.64 Å². The summed E-state index contributed by atoms with van der Waals surface area (Å²) in [5.41, 5.74) is 0.731. The van der Waals surface area contributed by atoms with Crippen molar-refractivity contribution in [3.8, 4) is 5.75 Å². The van der Waals surface area contributed by atoms with Crippen molar-refractivity contribution >= 4 is 51.1 Å². The van der Waals surface area contributed by atoms with Gasteiger partial charge in [-0.1, -0.05) is 60.2 Å². The van der Waals surface area contributed by atoms with Crippen LogP contribution in [0.1, 0.15) is 71.1 Å². The molecule has 3 unspecified atom stereocenters. The van der Waals surface area contributed by atoms with Crippen LogP contribution >= 0.6 is 27.7 Å². The molecule has 3 saturated heterocycles. The minimum atomic E-state index is -0.689. The standard InChI is InChI=1S/C36H50BrN3O5S/c1-4-20-38(26-16-18-27(19-17-26)45-6-3)33(42)29-30-34(43)40(22-12-7-8-13-23-41)32(36(30)24-28(37)31(29)46-36)35(44)39(21-5-2)25-14-10-9-11-15-25/h4-5,16-19,25,28-32,41H,1-2,6-15,20-24H2,3H3/t28?,29-,30-,31-,32?,36?/m0/s1. The Balaban J connectivity index is 1.50. The van der Waals surface area contributed by atoms with Gasteiger partial charge >= 0.3 is 0 Å². The third kappa shape index (κ3) is 6.68. The first-order valence-electron chi connectivity index (χ1n) is 17.1. The number of unbranched alkanes of at least 4 members (excludes halogenated alkanes) is 3. The molecule has 1 N–H and O–H groups in total. The molecular weight excluding hydrogens is 666 g/mol. The molecule has 10 heteroatoms. The zero-order chi connectivity index (χ0) is 32.8. The Bertz CT molecular complexity index is 1260. The molecule has 0 aromatic heterocycles. The Kier molecular flexibility index (Phi) is 12.0. The van der Waals surface area contributed by atoms with Crippen LogP contribution in [0.15, 0.2) is 49.6 Å². The van der Waals surface area contributed by atoms with Gasteiger partial charge < -0.3 is 24.5 Å². The number of halogens is 1. The number of carbonyl (C=O) groups excluding carboxylic acids is 3. The van der Waals surface area contributed by atoms with Gasteiger partial charge in [-0.15, -0.1) is 24.9 Å². The molecule has 5 rings (SSSR count). The van der Waals surface area contributed by atoms with Gasteiger partial charge in [-0.3, -0.25) is 14.4 Å². The van der Waals surface area contributed by atoms with Crippen molar-refractivity contribution in [3.05, 3.63) is 49.6 Å². The molecule has 1 saturated carbocycles. The van der Waals surface area contributed by atoms with E-state index in [-0.39, 0.29) is 40.4 Å². The van der Waals surface area contributed by atoms with Crippen LogP contribution in [0, 0.1) is 11.8 Å². The lowest BCUT2D eigenvalue weighted by Crippen LogP contribution is -2.57. The fourth-order valence-electron chi connectivity index (χ4n) is 8.31. The van der Waals surface area contributed by atoms with E-state index in [1.807, 2.05) is 41.0 Å². The van der Waals surface area contributed by atoms with Crippen molar-refractivity contribution in [1.29, 1.82) is 0 Å². The van der Waals surface area contributed by atoms with E-state index < -0.39 is 22.6 Å². The lowest BCUT2D eigenvalue weighted by Gasteiger charge is -2.41. The largest absolute Gasteiger partial charge is 0.494 e. The van der Waals surface area contributed by atoms with E-state index in [0.717, 1.165) is 62.8 Å². The molecule has 46 heavy (non-hydrogen) atoms. The zero-order valence-corrected chi connectivity index (χ0v) is 29.6. The number of rotatable bonds is 16. The average Bonchev–Trinajstić information content (AvgIpc) is 3.66. The molecule has 1 aromatic rings. The molecule has 4 fully saturated rings. The van der Waals surface area contributed by atoms with Crippen molar-refractivity contribution in [3.63, 3.8) is 0 Å². The van der Waals surface area contributed by atoms with Crippen molar-refractivity contribution < 1.29 is 24.2 Å². The highest BCUT2D eigenvalue weighted by Gasteiger charge is 2.76. The summed E-state index contributed by atoms with van der Waals surface area (Å²) in [6, 6.07) is 7.00. The minimum Gasteiger partial charge on any atom is -0.494 e. The summed E-state index contributed by atoms with van der Waals surface area (Å²) < 4.78 is 4.94. The van der Waals surface area contributed by atoms with Gasteiger partial charge in [0.25, 0.3) is 0 Å². The Morgan fingerprint density at radius 1 is 1.07 bits per heavy atom. The normalized spacial score (nSPS) is 28.6. The van der Waals surface area contributed by atoms with E-state index in [2.05, 4.69) is 29.1 Å². The molecule has 1 aromatic carbocycles. The number of aliphatic hydroxyl groups excluding tert-OH is 1. The molecule has 3 heterocycles. The second kappa shape index (κ2) is 15.7. The molecular formula is C36H50BrN3O5S. The summed E-state index contributed by atoms with van der Waals surface area (Å²) in [4.78, 5) is 49.8. The van der Waals surface area contributed by atoms with E-state index in [1.54, 1.807) is 28.8 Å². The van der Waals surface area contributed by atoms with Crippen molar-refractivity contribution in [2.45, 2.75) is 98.0 Å². The summed E-state index contributed by atoms with van der Waals surface area (Å²) in [6.45, 7) is 11.8. The van der Waals surface area contributed by atoms with E-state index in [1.165, 1.54) is 6.42 Å². The average molecular weight is 717 g/mol. The molecule has 0 radical (unpaired) electrons. The van der Waals surface area contributed by atoms with Gasteiger partial charge in [-0.25, -0.2) is 0 Å². The number of anilines is 1. The van der Waals surface area contributed by atoms with Gasteiger partial charge in [0.2, 0.25) is 17.7 Å². The number of likely N-dealkylation sites (tertiary alicyclic amines) is 1. The summed E-state index contributed by atoms with van der Waals surface area (Å²) in [5.74, 6) is -0.580. The molecule has 4 aliphatic rings. The molecule has 252 valence electrons. The quantitative estimate of drug-likeness (QED) is 0.129. The van der Waals surface area contributed by atoms with E-state index in [9.17, 15) is 19.5 Å². The molecule has 6 atom stereocenters. The van der Waals surface area contributed by atoms with Crippen LogP contribution in [0.4, 0.5) is 5.69 Å². The first kappa shape index (κ1) is 35.0. The lowest BCUT2D eigenvalue weighted by atomic mass is 9.70. The molecule has 8 nitrogen and oxygen atoms in total. The first-order valence-corrected chi connectivity index (χ1v) is 18.9. The number of hydrogen-bond acceptors (Lipinski definition) is 6. The second-order valence-corrected chi connectivity index (χ2v) is 15.8. The highest BCUT2D eigenvalue weighted by Crippen LogP contribution is 2.68. The van der Waals surface area contributed by atoms with Crippen molar-refractivity contribution in [1.82, 2.24) is 9.80 Å². The summed E-state index contributed by atoms with van der Waals surface area (Å²) >= 11 is 5.62.